The quantitative estimate of drug-likeness (QED) is 0.870. The summed E-state index contributed by atoms with van der Waals surface area (Å²) in [6.07, 6.45) is 4.88. The van der Waals surface area contributed by atoms with E-state index in [9.17, 15) is 0 Å². The normalized spacial score (nSPS) is 16.2. The van der Waals surface area contributed by atoms with Gasteiger partial charge in [-0.2, -0.15) is 5.10 Å². The van der Waals surface area contributed by atoms with Crippen LogP contribution in [0, 0.1) is 0 Å². The fourth-order valence-electron chi connectivity index (χ4n) is 1.87. The van der Waals surface area contributed by atoms with Crippen molar-refractivity contribution >= 4 is 17.2 Å². The van der Waals surface area contributed by atoms with E-state index >= 15 is 0 Å². The summed E-state index contributed by atoms with van der Waals surface area (Å²) >= 11 is 6.17. The van der Waals surface area contributed by atoms with Crippen LogP contribution in [0.1, 0.15) is 12.1 Å². The maximum absolute atomic E-state index is 6.17. The summed E-state index contributed by atoms with van der Waals surface area (Å²) in [6, 6.07) is 0. The minimum absolute atomic E-state index is 0.649. The van der Waals surface area contributed by atoms with Gasteiger partial charge in [0.05, 0.1) is 30.1 Å². The number of hydrogen-bond acceptors (Lipinski definition) is 3. The van der Waals surface area contributed by atoms with Crippen molar-refractivity contribution in [3.05, 3.63) is 23.0 Å². The first kappa shape index (κ1) is 11.6. The highest BCUT2D eigenvalue weighted by atomic mass is 35.5. The molecule has 0 radical (unpaired) electrons. The standard InChI is InChI=1S/C11H16ClN3O/c1-16-7-6-15-11(10(12)8-14-15)9-2-4-13-5-3-9/h2,8,13H,3-7H2,1H3. The average Bonchev–Trinajstić information content (AvgIpc) is 2.69. The Bertz CT molecular complexity index is 387. The van der Waals surface area contributed by atoms with Gasteiger partial charge in [-0.05, 0) is 18.5 Å². The molecular weight excluding hydrogens is 226 g/mol. The van der Waals surface area contributed by atoms with Gasteiger partial charge in [-0.15, -0.1) is 0 Å². The Morgan fingerprint density at radius 1 is 1.62 bits per heavy atom. The molecule has 0 aromatic carbocycles. The minimum Gasteiger partial charge on any atom is -0.383 e. The third-order valence-electron chi connectivity index (χ3n) is 2.67. The topological polar surface area (TPSA) is 39.1 Å². The molecule has 0 amide bonds. The number of methoxy groups -OCH3 is 1. The second-order valence-electron chi connectivity index (χ2n) is 3.74. The van der Waals surface area contributed by atoms with Crippen molar-refractivity contribution in [1.82, 2.24) is 15.1 Å². The van der Waals surface area contributed by atoms with Crippen molar-refractivity contribution < 1.29 is 4.74 Å². The van der Waals surface area contributed by atoms with Crippen LogP contribution < -0.4 is 5.32 Å². The summed E-state index contributed by atoms with van der Waals surface area (Å²) in [5.74, 6) is 0. The number of nitrogens with zero attached hydrogens (tertiary/aromatic N) is 2. The summed E-state index contributed by atoms with van der Waals surface area (Å²) in [7, 11) is 1.69. The predicted octanol–water partition coefficient (Wildman–Crippen LogP) is 1.56. The Labute approximate surface area is 100 Å². The van der Waals surface area contributed by atoms with E-state index < -0.39 is 0 Å². The van der Waals surface area contributed by atoms with Crippen LogP contribution in [0.5, 0.6) is 0 Å². The lowest BCUT2D eigenvalue weighted by atomic mass is 10.1. The highest BCUT2D eigenvalue weighted by Crippen LogP contribution is 2.26. The molecule has 2 rings (SSSR count). The van der Waals surface area contributed by atoms with E-state index in [1.165, 1.54) is 5.57 Å². The van der Waals surface area contributed by atoms with Crippen molar-refractivity contribution in [3.63, 3.8) is 0 Å². The maximum atomic E-state index is 6.17. The van der Waals surface area contributed by atoms with Crippen LogP contribution in [0.4, 0.5) is 0 Å². The van der Waals surface area contributed by atoms with E-state index in [2.05, 4.69) is 16.5 Å². The van der Waals surface area contributed by atoms with Crippen LogP contribution >= 0.6 is 11.6 Å². The molecule has 4 nitrogen and oxygen atoms in total. The van der Waals surface area contributed by atoms with Gasteiger partial charge in [-0.1, -0.05) is 17.7 Å². The lowest BCUT2D eigenvalue weighted by Crippen LogP contribution is -2.21. The lowest BCUT2D eigenvalue weighted by Gasteiger charge is -2.16. The molecular formula is C11H16ClN3O. The molecule has 1 aromatic rings. The van der Waals surface area contributed by atoms with Crippen LogP contribution in [-0.4, -0.2) is 36.6 Å². The van der Waals surface area contributed by atoms with E-state index in [-0.39, 0.29) is 0 Å². The zero-order chi connectivity index (χ0) is 11.4. The molecule has 88 valence electrons. The monoisotopic (exact) mass is 241 g/mol. The van der Waals surface area contributed by atoms with Crippen molar-refractivity contribution in [2.45, 2.75) is 13.0 Å². The SMILES string of the molecule is COCCn1ncc(Cl)c1C1=CCNCC1. The Hall–Kier alpha value is -0.840. The number of halogens is 1. The lowest BCUT2D eigenvalue weighted by molar-refractivity contribution is 0.183. The summed E-state index contributed by atoms with van der Waals surface area (Å²) < 4.78 is 6.98. The van der Waals surface area contributed by atoms with Crippen molar-refractivity contribution in [2.24, 2.45) is 0 Å². The van der Waals surface area contributed by atoms with Gasteiger partial charge >= 0.3 is 0 Å². The molecule has 1 N–H and O–H groups in total. The molecule has 1 aliphatic heterocycles. The van der Waals surface area contributed by atoms with Crippen molar-refractivity contribution in [3.8, 4) is 0 Å². The molecule has 0 atom stereocenters. The summed E-state index contributed by atoms with van der Waals surface area (Å²) in [5.41, 5.74) is 2.32. The van der Waals surface area contributed by atoms with Crippen molar-refractivity contribution in [2.75, 3.05) is 26.8 Å². The van der Waals surface area contributed by atoms with Gasteiger partial charge in [-0.3, -0.25) is 4.68 Å². The Morgan fingerprint density at radius 3 is 3.19 bits per heavy atom. The minimum atomic E-state index is 0.649. The first-order chi connectivity index (χ1) is 7.83. The third-order valence-corrected chi connectivity index (χ3v) is 2.95. The molecule has 0 saturated heterocycles. The summed E-state index contributed by atoms with van der Waals surface area (Å²) in [4.78, 5) is 0. The first-order valence-corrected chi connectivity index (χ1v) is 5.81. The second-order valence-corrected chi connectivity index (χ2v) is 4.15. The Balaban J connectivity index is 2.23. The van der Waals surface area contributed by atoms with Crippen LogP contribution in [0.3, 0.4) is 0 Å². The smallest absolute Gasteiger partial charge is 0.0862 e. The molecule has 0 unspecified atom stereocenters. The third kappa shape index (κ3) is 2.45. The molecule has 0 fully saturated rings. The highest BCUT2D eigenvalue weighted by molar-refractivity contribution is 6.32. The number of ether oxygens (including phenoxy) is 1. The van der Waals surface area contributed by atoms with Gasteiger partial charge in [0.1, 0.15) is 0 Å². The molecule has 0 bridgehead atoms. The molecule has 16 heavy (non-hydrogen) atoms. The molecule has 5 heteroatoms. The van der Waals surface area contributed by atoms with Gasteiger partial charge in [0.15, 0.2) is 0 Å². The number of aromatic nitrogens is 2. The fourth-order valence-corrected chi connectivity index (χ4v) is 2.13. The van der Waals surface area contributed by atoms with E-state index in [1.807, 2.05) is 4.68 Å². The Morgan fingerprint density at radius 2 is 2.50 bits per heavy atom. The zero-order valence-corrected chi connectivity index (χ0v) is 10.1. The van der Waals surface area contributed by atoms with Gasteiger partial charge in [-0.25, -0.2) is 0 Å². The maximum Gasteiger partial charge on any atom is 0.0862 e. The number of hydrogen-bond donors (Lipinski definition) is 1. The van der Waals surface area contributed by atoms with Gasteiger partial charge in [0.25, 0.3) is 0 Å². The Kier molecular flexibility index (Phi) is 3.98. The zero-order valence-electron chi connectivity index (χ0n) is 9.37. The fraction of sp³-hybridized carbons (Fsp3) is 0.545. The van der Waals surface area contributed by atoms with Crippen LogP contribution in [-0.2, 0) is 11.3 Å². The predicted molar refractivity (Wildman–Crippen MR) is 64.6 cm³/mol. The van der Waals surface area contributed by atoms with E-state index in [1.54, 1.807) is 13.3 Å². The van der Waals surface area contributed by atoms with Crippen LogP contribution in [0.25, 0.3) is 5.57 Å². The average molecular weight is 242 g/mol. The van der Waals surface area contributed by atoms with E-state index in [0.29, 0.717) is 6.61 Å². The van der Waals surface area contributed by atoms with Crippen LogP contribution in [0.2, 0.25) is 5.02 Å². The van der Waals surface area contributed by atoms with Gasteiger partial charge in [0.2, 0.25) is 0 Å². The number of nitrogens with one attached hydrogen (secondary N) is 1. The van der Waals surface area contributed by atoms with Crippen molar-refractivity contribution in [1.29, 1.82) is 0 Å². The number of rotatable bonds is 4. The van der Waals surface area contributed by atoms with Crippen LogP contribution in [0.15, 0.2) is 12.3 Å². The largest absolute Gasteiger partial charge is 0.383 e. The van der Waals surface area contributed by atoms with E-state index in [0.717, 1.165) is 36.8 Å². The summed E-state index contributed by atoms with van der Waals surface area (Å²) in [6.45, 7) is 3.29. The molecule has 0 aliphatic carbocycles. The summed E-state index contributed by atoms with van der Waals surface area (Å²) in [5, 5.41) is 8.28. The van der Waals surface area contributed by atoms with Gasteiger partial charge in [0, 0.05) is 13.7 Å². The van der Waals surface area contributed by atoms with E-state index in [4.69, 9.17) is 16.3 Å². The molecule has 2 heterocycles. The molecule has 0 saturated carbocycles. The highest BCUT2D eigenvalue weighted by Gasteiger charge is 2.15. The molecule has 1 aromatic heterocycles. The molecule has 1 aliphatic rings. The first-order valence-electron chi connectivity index (χ1n) is 5.43. The second kappa shape index (κ2) is 5.48. The van der Waals surface area contributed by atoms with Gasteiger partial charge < -0.3 is 10.1 Å². The molecule has 0 spiro atoms.